The highest BCUT2D eigenvalue weighted by atomic mass is 32.1. The standard InChI is InChI=1S/C37H71NO4S2/c1-4-7-10-13-16-18-20-22-25-28-31-41-35(39)33-34(36(43)38(44)30-27-24-15-12-9-6-3)37(40)42-32-29-26-23-21-19-17-14-11-8-5-2/h34,44H,4-33H2,1-3H3. The van der Waals surface area contributed by atoms with Crippen LogP contribution in [0.3, 0.4) is 0 Å². The topological polar surface area (TPSA) is 55.8 Å². The number of carbonyl (C=O) groups excluding carboxylic acids is 2. The fraction of sp³-hybridized carbons (Fsp3) is 0.919. The van der Waals surface area contributed by atoms with Gasteiger partial charge in [-0.15, -0.1) is 0 Å². The van der Waals surface area contributed by atoms with E-state index < -0.39 is 11.9 Å². The monoisotopic (exact) mass is 657 g/mol. The number of carbonyl (C=O) groups is 2. The molecule has 44 heavy (non-hydrogen) atoms. The average molecular weight is 658 g/mol. The molecule has 260 valence electrons. The van der Waals surface area contributed by atoms with Gasteiger partial charge >= 0.3 is 11.9 Å². The maximum atomic E-state index is 13.1. The van der Waals surface area contributed by atoms with Crippen LogP contribution in [0.5, 0.6) is 0 Å². The number of hydrogen-bond acceptors (Lipinski definition) is 6. The van der Waals surface area contributed by atoms with Crippen molar-refractivity contribution in [2.24, 2.45) is 5.92 Å². The van der Waals surface area contributed by atoms with Crippen molar-refractivity contribution in [3.8, 4) is 0 Å². The molecule has 0 amide bonds. The first-order valence-corrected chi connectivity index (χ1v) is 19.6. The summed E-state index contributed by atoms with van der Waals surface area (Å²) in [5, 5.41) is 0. The van der Waals surface area contributed by atoms with E-state index in [1.165, 1.54) is 128 Å². The molecule has 0 aromatic heterocycles. The Morgan fingerprint density at radius 1 is 0.545 bits per heavy atom. The average Bonchev–Trinajstić information content (AvgIpc) is 3.02. The highest BCUT2D eigenvalue weighted by Gasteiger charge is 2.31. The van der Waals surface area contributed by atoms with Crippen molar-refractivity contribution in [3.05, 3.63) is 0 Å². The summed E-state index contributed by atoms with van der Waals surface area (Å²) < 4.78 is 12.8. The van der Waals surface area contributed by atoms with Crippen LogP contribution in [0.4, 0.5) is 0 Å². The number of esters is 2. The Kier molecular flexibility index (Phi) is 32.9. The molecule has 0 N–H and O–H groups in total. The SMILES string of the molecule is CCCCCCCCCCCCOC(=O)CC(C(=O)OCCCCCCCCCCCC)C(=S)N(S)CCCCCCCC. The number of thiol groups is 1. The Morgan fingerprint density at radius 2 is 0.886 bits per heavy atom. The van der Waals surface area contributed by atoms with Gasteiger partial charge in [-0.1, -0.05) is 193 Å². The van der Waals surface area contributed by atoms with Crippen LogP contribution in [0.2, 0.25) is 0 Å². The molecular formula is C37H71NO4S2. The molecule has 0 aliphatic heterocycles. The Morgan fingerprint density at radius 3 is 1.30 bits per heavy atom. The maximum Gasteiger partial charge on any atom is 0.316 e. The smallest absolute Gasteiger partial charge is 0.316 e. The van der Waals surface area contributed by atoms with Crippen LogP contribution in [0.25, 0.3) is 0 Å². The van der Waals surface area contributed by atoms with Crippen molar-refractivity contribution in [3.63, 3.8) is 0 Å². The first-order chi connectivity index (χ1) is 21.5. The number of unbranched alkanes of at least 4 members (excludes halogenated alkanes) is 23. The van der Waals surface area contributed by atoms with Gasteiger partial charge in [0.2, 0.25) is 0 Å². The van der Waals surface area contributed by atoms with Gasteiger partial charge in [0.05, 0.1) is 19.6 Å². The third kappa shape index (κ3) is 27.5. The second kappa shape index (κ2) is 33.5. The van der Waals surface area contributed by atoms with E-state index in [0.29, 0.717) is 24.7 Å². The molecule has 1 atom stereocenters. The molecule has 0 aromatic rings. The van der Waals surface area contributed by atoms with Gasteiger partial charge in [0, 0.05) is 6.54 Å². The summed E-state index contributed by atoms with van der Waals surface area (Å²) in [5.41, 5.74) is 0. The van der Waals surface area contributed by atoms with E-state index in [1.54, 1.807) is 4.31 Å². The lowest BCUT2D eigenvalue weighted by molar-refractivity contribution is -0.153. The molecule has 0 radical (unpaired) electrons. The quantitative estimate of drug-likeness (QED) is 0.0328. The van der Waals surface area contributed by atoms with E-state index in [2.05, 4.69) is 33.6 Å². The fourth-order valence-electron chi connectivity index (χ4n) is 5.47. The summed E-state index contributed by atoms with van der Waals surface area (Å²) >= 11 is 10.3. The number of nitrogens with zero attached hydrogens (tertiary/aromatic N) is 1. The highest BCUT2D eigenvalue weighted by molar-refractivity contribution is 7.84. The minimum absolute atomic E-state index is 0.0823. The van der Waals surface area contributed by atoms with Crippen LogP contribution in [0, 0.1) is 5.92 Å². The van der Waals surface area contributed by atoms with E-state index >= 15 is 0 Å². The molecule has 0 heterocycles. The molecule has 0 bridgehead atoms. The zero-order valence-corrected chi connectivity index (χ0v) is 30.9. The van der Waals surface area contributed by atoms with Crippen molar-refractivity contribution in [2.45, 2.75) is 194 Å². The van der Waals surface area contributed by atoms with Gasteiger partial charge < -0.3 is 13.8 Å². The molecule has 5 nitrogen and oxygen atoms in total. The summed E-state index contributed by atoms with van der Waals surface area (Å²) in [6.45, 7) is 8.13. The van der Waals surface area contributed by atoms with E-state index in [-0.39, 0.29) is 12.4 Å². The molecule has 0 saturated carbocycles. The van der Waals surface area contributed by atoms with E-state index in [4.69, 9.17) is 21.7 Å². The zero-order valence-electron chi connectivity index (χ0n) is 29.2. The number of hydrogen-bond donors (Lipinski definition) is 1. The first-order valence-electron chi connectivity index (χ1n) is 18.8. The molecule has 0 aliphatic rings. The van der Waals surface area contributed by atoms with Crippen molar-refractivity contribution in [1.82, 2.24) is 4.31 Å². The number of thiocarbonyl (C=S) groups is 1. The molecule has 7 heteroatoms. The molecule has 0 aliphatic carbocycles. The van der Waals surface area contributed by atoms with Gasteiger partial charge in [-0.2, -0.15) is 0 Å². The molecule has 0 fully saturated rings. The molecule has 0 spiro atoms. The predicted octanol–water partition coefficient (Wildman–Crippen LogP) is 11.8. The second-order valence-electron chi connectivity index (χ2n) is 12.7. The van der Waals surface area contributed by atoms with E-state index in [1.807, 2.05) is 0 Å². The van der Waals surface area contributed by atoms with Crippen LogP contribution < -0.4 is 0 Å². The molecular weight excluding hydrogens is 587 g/mol. The van der Waals surface area contributed by atoms with Gasteiger partial charge in [0.25, 0.3) is 0 Å². The van der Waals surface area contributed by atoms with Crippen LogP contribution in [0.15, 0.2) is 0 Å². The summed E-state index contributed by atoms with van der Waals surface area (Å²) in [4.78, 5) is 26.2. The van der Waals surface area contributed by atoms with Crippen LogP contribution >= 0.6 is 25.0 Å². The van der Waals surface area contributed by atoms with Crippen molar-refractivity contribution < 1.29 is 19.1 Å². The Hall–Kier alpha value is -0.820. The summed E-state index contributed by atoms with van der Waals surface area (Å²) in [6, 6.07) is 0. The minimum Gasteiger partial charge on any atom is -0.466 e. The summed E-state index contributed by atoms with van der Waals surface area (Å²) in [6.07, 6.45) is 31.4. The highest BCUT2D eigenvalue weighted by Crippen LogP contribution is 2.18. The zero-order chi connectivity index (χ0) is 32.5. The fourth-order valence-corrected chi connectivity index (χ4v) is 6.02. The Labute approximate surface area is 284 Å². The van der Waals surface area contributed by atoms with Crippen molar-refractivity contribution >= 4 is 42.0 Å². The second-order valence-corrected chi connectivity index (χ2v) is 13.6. The van der Waals surface area contributed by atoms with Gasteiger partial charge in [0.15, 0.2) is 0 Å². The summed E-state index contributed by atoms with van der Waals surface area (Å²) in [7, 11) is 0. The largest absolute Gasteiger partial charge is 0.466 e. The van der Waals surface area contributed by atoms with Gasteiger partial charge in [-0.05, 0) is 19.3 Å². The lowest BCUT2D eigenvalue weighted by Gasteiger charge is -2.24. The molecule has 0 saturated heterocycles. The van der Waals surface area contributed by atoms with Gasteiger partial charge in [-0.3, -0.25) is 9.59 Å². The Bertz CT molecular complexity index is 676. The van der Waals surface area contributed by atoms with Gasteiger partial charge in [0.1, 0.15) is 10.9 Å². The lowest BCUT2D eigenvalue weighted by Crippen LogP contribution is -2.36. The van der Waals surface area contributed by atoms with Crippen LogP contribution in [0.1, 0.15) is 194 Å². The third-order valence-corrected chi connectivity index (χ3v) is 9.49. The van der Waals surface area contributed by atoms with E-state index in [0.717, 1.165) is 38.5 Å². The van der Waals surface area contributed by atoms with Gasteiger partial charge in [-0.25, -0.2) is 0 Å². The maximum absolute atomic E-state index is 13.1. The molecule has 1 unspecified atom stereocenters. The Balaban J connectivity index is 4.49. The predicted molar refractivity (Wildman–Crippen MR) is 195 cm³/mol. The number of rotatable bonds is 33. The third-order valence-electron chi connectivity index (χ3n) is 8.43. The van der Waals surface area contributed by atoms with Crippen molar-refractivity contribution in [2.75, 3.05) is 19.8 Å². The first kappa shape index (κ1) is 43.2. The molecule has 0 aromatic carbocycles. The summed E-state index contributed by atoms with van der Waals surface area (Å²) in [5.74, 6) is -1.64. The lowest BCUT2D eigenvalue weighted by atomic mass is 10.0. The van der Waals surface area contributed by atoms with Crippen molar-refractivity contribution in [1.29, 1.82) is 0 Å². The number of ether oxygens (including phenoxy) is 2. The molecule has 0 rings (SSSR count). The minimum atomic E-state index is -0.828. The van der Waals surface area contributed by atoms with Crippen LogP contribution in [-0.4, -0.2) is 41.0 Å². The normalized spacial score (nSPS) is 11.8. The van der Waals surface area contributed by atoms with E-state index in [9.17, 15) is 9.59 Å². The van der Waals surface area contributed by atoms with Crippen LogP contribution in [-0.2, 0) is 19.1 Å².